The molecule has 0 unspecified atom stereocenters. The summed E-state index contributed by atoms with van der Waals surface area (Å²) >= 11 is 3.42. The van der Waals surface area contributed by atoms with Crippen molar-refractivity contribution >= 4 is 38.8 Å². The normalized spacial score (nSPS) is 10.9. The predicted octanol–water partition coefficient (Wildman–Crippen LogP) is 4.13. The summed E-state index contributed by atoms with van der Waals surface area (Å²) in [5.74, 6) is 0.338. The first-order valence-electron chi connectivity index (χ1n) is 7.40. The van der Waals surface area contributed by atoms with Crippen LogP contribution >= 0.6 is 15.9 Å². The van der Waals surface area contributed by atoms with Gasteiger partial charge in [-0.3, -0.25) is 4.79 Å². The minimum absolute atomic E-state index is 0.0916. The lowest BCUT2D eigenvalue weighted by molar-refractivity contribution is -0.123. The molecule has 0 saturated carbocycles. The standard InChI is InChI=1S/C19H15BrN2O2/c20-18-8-4-3-7-16(18)12-21-22-19(23)13-24-17-10-9-14-5-1-2-6-15(14)11-17/h1-12H,13H2,(H,22,23). The second-order valence-corrected chi connectivity index (χ2v) is 5.97. The minimum Gasteiger partial charge on any atom is -0.484 e. The molecule has 0 radical (unpaired) electrons. The van der Waals surface area contributed by atoms with E-state index in [0.717, 1.165) is 20.8 Å². The fourth-order valence-corrected chi connectivity index (χ4v) is 2.58. The molecular weight excluding hydrogens is 368 g/mol. The number of nitrogens with zero attached hydrogens (tertiary/aromatic N) is 1. The molecule has 0 heterocycles. The molecule has 0 aliphatic carbocycles. The summed E-state index contributed by atoms with van der Waals surface area (Å²) in [6.07, 6.45) is 1.58. The smallest absolute Gasteiger partial charge is 0.277 e. The number of fused-ring (bicyclic) bond motifs is 1. The van der Waals surface area contributed by atoms with Gasteiger partial charge >= 0.3 is 0 Å². The zero-order valence-electron chi connectivity index (χ0n) is 12.8. The van der Waals surface area contributed by atoms with Crippen LogP contribution in [-0.2, 0) is 4.79 Å². The van der Waals surface area contributed by atoms with Crippen molar-refractivity contribution in [3.8, 4) is 5.75 Å². The van der Waals surface area contributed by atoms with Crippen molar-refractivity contribution in [2.75, 3.05) is 6.61 Å². The number of carbonyl (C=O) groups is 1. The van der Waals surface area contributed by atoms with Crippen molar-refractivity contribution in [1.82, 2.24) is 5.43 Å². The number of carbonyl (C=O) groups excluding carboxylic acids is 1. The van der Waals surface area contributed by atoms with E-state index in [9.17, 15) is 4.79 Å². The van der Waals surface area contributed by atoms with E-state index < -0.39 is 0 Å². The average molecular weight is 383 g/mol. The molecule has 3 aromatic rings. The second-order valence-electron chi connectivity index (χ2n) is 5.11. The highest BCUT2D eigenvalue weighted by molar-refractivity contribution is 9.10. The monoisotopic (exact) mass is 382 g/mol. The summed E-state index contributed by atoms with van der Waals surface area (Å²) in [6, 6.07) is 21.3. The number of hydrazone groups is 1. The van der Waals surface area contributed by atoms with E-state index in [2.05, 4.69) is 26.5 Å². The van der Waals surface area contributed by atoms with Gasteiger partial charge in [0, 0.05) is 10.0 Å². The molecule has 0 bridgehead atoms. The molecule has 0 aromatic heterocycles. The van der Waals surface area contributed by atoms with E-state index >= 15 is 0 Å². The number of hydrogen-bond donors (Lipinski definition) is 1. The number of rotatable bonds is 5. The first-order chi connectivity index (χ1) is 11.7. The third kappa shape index (κ3) is 4.20. The topological polar surface area (TPSA) is 50.7 Å². The van der Waals surface area contributed by atoms with Crippen LogP contribution in [0.1, 0.15) is 5.56 Å². The van der Waals surface area contributed by atoms with Crippen molar-refractivity contribution in [3.05, 3.63) is 76.8 Å². The van der Waals surface area contributed by atoms with Crippen LogP contribution in [0.25, 0.3) is 10.8 Å². The molecule has 120 valence electrons. The first kappa shape index (κ1) is 16.2. The number of hydrogen-bond acceptors (Lipinski definition) is 3. The lowest BCUT2D eigenvalue weighted by Crippen LogP contribution is -2.24. The maximum absolute atomic E-state index is 11.8. The van der Waals surface area contributed by atoms with Gasteiger partial charge in [-0.15, -0.1) is 0 Å². The molecule has 0 atom stereocenters. The summed E-state index contributed by atoms with van der Waals surface area (Å²) < 4.78 is 6.42. The van der Waals surface area contributed by atoms with E-state index in [1.54, 1.807) is 6.21 Å². The van der Waals surface area contributed by atoms with Crippen LogP contribution in [0.2, 0.25) is 0 Å². The molecule has 0 spiro atoms. The Morgan fingerprint density at radius 1 is 1.04 bits per heavy atom. The largest absolute Gasteiger partial charge is 0.484 e. The van der Waals surface area contributed by atoms with Crippen LogP contribution < -0.4 is 10.2 Å². The van der Waals surface area contributed by atoms with Crippen LogP contribution in [0, 0.1) is 0 Å². The van der Waals surface area contributed by atoms with E-state index in [1.165, 1.54) is 0 Å². The molecule has 0 fully saturated rings. The lowest BCUT2D eigenvalue weighted by atomic mass is 10.1. The summed E-state index contributed by atoms with van der Waals surface area (Å²) in [7, 11) is 0. The van der Waals surface area contributed by atoms with Gasteiger partial charge in [0.1, 0.15) is 5.75 Å². The quantitative estimate of drug-likeness (QED) is 0.532. The fourth-order valence-electron chi connectivity index (χ4n) is 2.19. The number of benzene rings is 3. The molecule has 5 heteroatoms. The highest BCUT2D eigenvalue weighted by atomic mass is 79.9. The van der Waals surface area contributed by atoms with Crippen LogP contribution in [0.15, 0.2) is 76.3 Å². The molecule has 1 amide bonds. The van der Waals surface area contributed by atoms with Gasteiger partial charge in [-0.05, 0) is 29.0 Å². The second kappa shape index (κ2) is 7.75. The van der Waals surface area contributed by atoms with Gasteiger partial charge in [0.2, 0.25) is 0 Å². The maximum Gasteiger partial charge on any atom is 0.277 e. The van der Waals surface area contributed by atoms with Gasteiger partial charge in [0.25, 0.3) is 5.91 Å². The molecular formula is C19H15BrN2O2. The Balaban J connectivity index is 1.54. The lowest BCUT2D eigenvalue weighted by Gasteiger charge is -2.06. The molecule has 24 heavy (non-hydrogen) atoms. The third-order valence-electron chi connectivity index (χ3n) is 3.39. The molecule has 3 rings (SSSR count). The van der Waals surface area contributed by atoms with Crippen LogP contribution in [0.4, 0.5) is 0 Å². The molecule has 1 N–H and O–H groups in total. The van der Waals surface area contributed by atoms with Crippen LogP contribution in [-0.4, -0.2) is 18.7 Å². The molecule has 4 nitrogen and oxygen atoms in total. The summed E-state index contributed by atoms with van der Waals surface area (Å²) in [5.41, 5.74) is 3.33. The van der Waals surface area contributed by atoms with E-state index in [0.29, 0.717) is 5.75 Å². The molecule has 3 aromatic carbocycles. The van der Waals surface area contributed by atoms with Crippen molar-refractivity contribution in [2.24, 2.45) is 5.10 Å². The molecule has 0 aliphatic rings. The van der Waals surface area contributed by atoms with E-state index in [4.69, 9.17) is 4.74 Å². The Hall–Kier alpha value is -2.66. The van der Waals surface area contributed by atoms with Gasteiger partial charge in [-0.2, -0.15) is 5.10 Å². The maximum atomic E-state index is 11.8. The zero-order valence-corrected chi connectivity index (χ0v) is 14.4. The summed E-state index contributed by atoms with van der Waals surface area (Å²) in [4.78, 5) is 11.8. The molecule has 0 aliphatic heterocycles. The first-order valence-corrected chi connectivity index (χ1v) is 8.20. The Kier molecular flexibility index (Phi) is 5.23. The number of nitrogens with one attached hydrogen (secondary N) is 1. The Labute approximate surface area is 148 Å². The van der Waals surface area contributed by atoms with Crippen LogP contribution in [0.5, 0.6) is 5.75 Å². The highest BCUT2D eigenvalue weighted by Gasteiger charge is 2.02. The van der Waals surface area contributed by atoms with Gasteiger partial charge < -0.3 is 4.74 Å². The fraction of sp³-hybridized carbons (Fsp3) is 0.0526. The third-order valence-corrected chi connectivity index (χ3v) is 4.11. The minimum atomic E-state index is -0.313. The number of ether oxygens (including phenoxy) is 1. The van der Waals surface area contributed by atoms with E-state index in [1.807, 2.05) is 66.7 Å². The molecule has 0 saturated heterocycles. The highest BCUT2D eigenvalue weighted by Crippen LogP contribution is 2.20. The van der Waals surface area contributed by atoms with E-state index in [-0.39, 0.29) is 12.5 Å². The van der Waals surface area contributed by atoms with Gasteiger partial charge in [-0.1, -0.05) is 64.5 Å². The predicted molar refractivity (Wildman–Crippen MR) is 99.3 cm³/mol. The van der Waals surface area contributed by atoms with Gasteiger partial charge in [0.15, 0.2) is 6.61 Å². The summed E-state index contributed by atoms with van der Waals surface area (Å²) in [5, 5.41) is 6.13. The summed E-state index contributed by atoms with van der Waals surface area (Å²) in [6.45, 7) is -0.0916. The van der Waals surface area contributed by atoms with Crippen molar-refractivity contribution < 1.29 is 9.53 Å². The SMILES string of the molecule is O=C(COc1ccc2ccccc2c1)NN=Cc1ccccc1Br. The van der Waals surface area contributed by atoms with Crippen molar-refractivity contribution in [3.63, 3.8) is 0 Å². The average Bonchev–Trinajstić information content (AvgIpc) is 2.61. The Morgan fingerprint density at radius 2 is 1.79 bits per heavy atom. The van der Waals surface area contributed by atoms with Crippen molar-refractivity contribution in [2.45, 2.75) is 0 Å². The number of halogens is 1. The van der Waals surface area contributed by atoms with Gasteiger partial charge in [0.05, 0.1) is 6.21 Å². The zero-order chi connectivity index (χ0) is 16.8. The number of amides is 1. The van der Waals surface area contributed by atoms with Gasteiger partial charge in [-0.25, -0.2) is 5.43 Å². The Morgan fingerprint density at radius 3 is 2.62 bits per heavy atom. The van der Waals surface area contributed by atoms with Crippen molar-refractivity contribution in [1.29, 1.82) is 0 Å². The van der Waals surface area contributed by atoms with Crippen LogP contribution in [0.3, 0.4) is 0 Å². The Bertz CT molecular complexity index is 893.